The molecule has 0 saturated heterocycles. The van der Waals surface area contributed by atoms with E-state index in [0.29, 0.717) is 17.2 Å². The third-order valence-electron chi connectivity index (χ3n) is 3.09. The minimum atomic E-state index is 0.426. The van der Waals surface area contributed by atoms with E-state index in [0.717, 1.165) is 23.0 Å². The summed E-state index contributed by atoms with van der Waals surface area (Å²) in [7, 11) is 1.65. The van der Waals surface area contributed by atoms with Crippen molar-refractivity contribution in [3.05, 3.63) is 52.7 Å². The van der Waals surface area contributed by atoms with Gasteiger partial charge in [0.2, 0.25) is 0 Å². The van der Waals surface area contributed by atoms with Gasteiger partial charge in [-0.2, -0.15) is 0 Å². The second-order valence-corrected chi connectivity index (χ2v) is 4.85. The Morgan fingerprint density at radius 3 is 2.90 bits per heavy atom. The van der Waals surface area contributed by atoms with Crippen LogP contribution in [0.1, 0.15) is 17.2 Å². The zero-order chi connectivity index (χ0) is 14.1. The molecular weight excluding hydrogens is 276 g/mol. The second-order valence-electron chi connectivity index (χ2n) is 4.46. The largest absolute Gasteiger partial charge is 0.497 e. The Morgan fingerprint density at radius 2 is 2.10 bits per heavy atom. The van der Waals surface area contributed by atoms with Gasteiger partial charge in [0, 0.05) is 12.5 Å². The Balaban J connectivity index is 2.02. The molecule has 0 spiro atoms. The van der Waals surface area contributed by atoms with E-state index in [1.165, 1.54) is 0 Å². The van der Waals surface area contributed by atoms with E-state index in [1.54, 1.807) is 13.2 Å². The molecule has 102 valence electrons. The highest BCUT2D eigenvalue weighted by Crippen LogP contribution is 2.17. The molecule has 0 radical (unpaired) electrons. The van der Waals surface area contributed by atoms with Crippen LogP contribution in [0.5, 0.6) is 5.75 Å². The van der Waals surface area contributed by atoms with Crippen molar-refractivity contribution in [1.29, 1.82) is 0 Å². The SMILES string of the molecule is COc1cccc(Cc2nnc3cc(Cl)nc(C)n23)c1. The predicted octanol–water partition coefficient (Wildman–Crippen LogP) is 2.69. The van der Waals surface area contributed by atoms with Crippen molar-refractivity contribution >= 4 is 17.2 Å². The molecule has 0 aliphatic rings. The van der Waals surface area contributed by atoms with Crippen LogP contribution < -0.4 is 4.74 Å². The van der Waals surface area contributed by atoms with Gasteiger partial charge in [0.25, 0.3) is 0 Å². The molecule has 0 aliphatic heterocycles. The summed E-state index contributed by atoms with van der Waals surface area (Å²) in [4.78, 5) is 4.23. The first-order chi connectivity index (χ1) is 9.67. The second kappa shape index (κ2) is 5.09. The number of hydrogen-bond donors (Lipinski definition) is 0. The minimum absolute atomic E-state index is 0.426. The van der Waals surface area contributed by atoms with Gasteiger partial charge in [-0.25, -0.2) is 4.98 Å². The number of hydrogen-bond acceptors (Lipinski definition) is 4. The van der Waals surface area contributed by atoms with Gasteiger partial charge in [0.1, 0.15) is 22.6 Å². The lowest BCUT2D eigenvalue weighted by atomic mass is 10.1. The lowest BCUT2D eigenvalue weighted by Gasteiger charge is -2.05. The number of methoxy groups -OCH3 is 1. The third-order valence-corrected chi connectivity index (χ3v) is 3.29. The normalized spacial score (nSPS) is 10.9. The van der Waals surface area contributed by atoms with Crippen molar-refractivity contribution in [3.8, 4) is 5.75 Å². The molecule has 20 heavy (non-hydrogen) atoms. The van der Waals surface area contributed by atoms with Crippen LogP contribution in [0.15, 0.2) is 30.3 Å². The predicted molar refractivity (Wildman–Crippen MR) is 76.3 cm³/mol. The summed E-state index contributed by atoms with van der Waals surface area (Å²) >= 11 is 5.92. The number of halogens is 1. The molecular formula is C14H13ClN4O. The Bertz CT molecular complexity index is 769. The van der Waals surface area contributed by atoms with E-state index in [9.17, 15) is 0 Å². The van der Waals surface area contributed by atoms with Gasteiger partial charge in [-0.1, -0.05) is 23.7 Å². The number of benzene rings is 1. The van der Waals surface area contributed by atoms with Crippen LogP contribution in [0.25, 0.3) is 5.65 Å². The van der Waals surface area contributed by atoms with Gasteiger partial charge in [-0.15, -0.1) is 10.2 Å². The topological polar surface area (TPSA) is 52.3 Å². The average molecular weight is 289 g/mol. The fourth-order valence-electron chi connectivity index (χ4n) is 2.20. The monoisotopic (exact) mass is 288 g/mol. The lowest BCUT2D eigenvalue weighted by molar-refractivity contribution is 0.414. The third kappa shape index (κ3) is 2.32. The van der Waals surface area contributed by atoms with Crippen molar-refractivity contribution in [3.63, 3.8) is 0 Å². The average Bonchev–Trinajstić information content (AvgIpc) is 2.82. The summed E-state index contributed by atoms with van der Waals surface area (Å²) in [6, 6.07) is 9.59. The van der Waals surface area contributed by atoms with Crippen LogP contribution in [-0.4, -0.2) is 26.7 Å². The van der Waals surface area contributed by atoms with E-state index in [1.807, 2.05) is 35.6 Å². The van der Waals surface area contributed by atoms with Gasteiger partial charge in [-0.3, -0.25) is 4.40 Å². The number of fused-ring (bicyclic) bond motifs is 1. The number of aromatic nitrogens is 4. The Kier molecular flexibility index (Phi) is 3.28. The van der Waals surface area contributed by atoms with Crippen molar-refractivity contribution < 1.29 is 4.74 Å². The highest BCUT2D eigenvalue weighted by Gasteiger charge is 2.10. The molecule has 0 saturated carbocycles. The van der Waals surface area contributed by atoms with E-state index in [2.05, 4.69) is 15.2 Å². The molecule has 0 amide bonds. The van der Waals surface area contributed by atoms with Gasteiger partial charge < -0.3 is 4.74 Å². The highest BCUT2D eigenvalue weighted by molar-refractivity contribution is 6.29. The van der Waals surface area contributed by atoms with E-state index in [4.69, 9.17) is 16.3 Å². The summed E-state index contributed by atoms with van der Waals surface area (Å²) in [5.41, 5.74) is 1.81. The molecule has 3 rings (SSSR count). The van der Waals surface area contributed by atoms with Gasteiger partial charge in [0.05, 0.1) is 7.11 Å². The van der Waals surface area contributed by atoms with Crippen LogP contribution in [-0.2, 0) is 6.42 Å². The quantitative estimate of drug-likeness (QED) is 0.695. The van der Waals surface area contributed by atoms with E-state index >= 15 is 0 Å². The lowest BCUT2D eigenvalue weighted by Crippen LogP contribution is -2.02. The summed E-state index contributed by atoms with van der Waals surface area (Å²) < 4.78 is 7.14. The van der Waals surface area contributed by atoms with Crippen molar-refractivity contribution in [2.45, 2.75) is 13.3 Å². The zero-order valence-corrected chi connectivity index (χ0v) is 11.9. The highest BCUT2D eigenvalue weighted by atomic mass is 35.5. The maximum Gasteiger partial charge on any atom is 0.165 e. The number of nitrogens with zero attached hydrogens (tertiary/aromatic N) is 4. The summed E-state index contributed by atoms with van der Waals surface area (Å²) in [5, 5.41) is 8.78. The fourth-order valence-corrected chi connectivity index (χ4v) is 2.42. The first-order valence-electron chi connectivity index (χ1n) is 6.17. The molecule has 0 atom stereocenters. The first kappa shape index (κ1) is 12.9. The van der Waals surface area contributed by atoms with E-state index in [-0.39, 0.29) is 0 Å². The van der Waals surface area contributed by atoms with Gasteiger partial charge in [0.15, 0.2) is 5.65 Å². The number of rotatable bonds is 3. The molecule has 2 heterocycles. The number of aryl methyl sites for hydroxylation is 1. The molecule has 6 heteroatoms. The van der Waals surface area contributed by atoms with Crippen LogP contribution in [0.2, 0.25) is 5.15 Å². The molecule has 0 bridgehead atoms. The molecule has 0 aliphatic carbocycles. The molecule has 5 nitrogen and oxygen atoms in total. The zero-order valence-electron chi connectivity index (χ0n) is 11.2. The summed E-state index contributed by atoms with van der Waals surface area (Å²) in [5.74, 6) is 2.43. The Hall–Kier alpha value is -2.14. The van der Waals surface area contributed by atoms with Crippen molar-refractivity contribution in [2.24, 2.45) is 0 Å². The van der Waals surface area contributed by atoms with Crippen LogP contribution in [0.3, 0.4) is 0 Å². The first-order valence-corrected chi connectivity index (χ1v) is 6.55. The molecule has 1 aromatic carbocycles. The molecule has 0 unspecified atom stereocenters. The van der Waals surface area contributed by atoms with Crippen molar-refractivity contribution in [1.82, 2.24) is 19.6 Å². The van der Waals surface area contributed by atoms with Crippen LogP contribution in [0.4, 0.5) is 0 Å². The van der Waals surface area contributed by atoms with Crippen LogP contribution >= 0.6 is 11.6 Å². The van der Waals surface area contributed by atoms with E-state index < -0.39 is 0 Å². The summed E-state index contributed by atoms with van der Waals surface area (Å²) in [6.07, 6.45) is 0.655. The Labute approximate surface area is 121 Å². The maximum atomic E-state index is 5.92. The molecule has 0 fully saturated rings. The van der Waals surface area contributed by atoms with Crippen LogP contribution in [0, 0.1) is 6.92 Å². The van der Waals surface area contributed by atoms with Gasteiger partial charge in [-0.05, 0) is 24.6 Å². The molecule has 2 aromatic heterocycles. The maximum absolute atomic E-state index is 5.92. The van der Waals surface area contributed by atoms with Crippen molar-refractivity contribution in [2.75, 3.05) is 7.11 Å². The molecule has 0 N–H and O–H groups in total. The Morgan fingerprint density at radius 1 is 1.25 bits per heavy atom. The number of ether oxygens (including phenoxy) is 1. The standard InChI is InChI=1S/C14H13ClN4O/c1-9-16-12(15)8-14-18-17-13(19(9)14)7-10-4-3-5-11(6-10)20-2/h3-6,8H,7H2,1-2H3. The smallest absolute Gasteiger partial charge is 0.165 e. The summed E-state index contributed by atoms with van der Waals surface area (Å²) in [6.45, 7) is 1.89. The minimum Gasteiger partial charge on any atom is -0.497 e. The fraction of sp³-hybridized carbons (Fsp3) is 0.214. The van der Waals surface area contributed by atoms with Gasteiger partial charge >= 0.3 is 0 Å². The molecule has 3 aromatic rings.